The van der Waals surface area contributed by atoms with Gasteiger partial charge in [-0.25, -0.2) is 4.79 Å². The van der Waals surface area contributed by atoms with Gasteiger partial charge in [0.05, 0.1) is 0 Å². The topological polar surface area (TPSA) is 48.0 Å². The summed E-state index contributed by atoms with van der Waals surface area (Å²) in [5.41, 5.74) is 2.82. The first-order chi connectivity index (χ1) is 10.1. The molecule has 0 aliphatic heterocycles. The quantitative estimate of drug-likeness (QED) is 0.855. The Kier molecular flexibility index (Phi) is 3.87. The van der Waals surface area contributed by atoms with Crippen LogP contribution in [0.4, 0.5) is 0 Å². The lowest BCUT2D eigenvalue weighted by Crippen LogP contribution is -2.15. The van der Waals surface area contributed by atoms with E-state index in [1.54, 1.807) is 0 Å². The third-order valence-corrected chi connectivity index (χ3v) is 4.78. The molecule has 0 saturated heterocycles. The summed E-state index contributed by atoms with van der Waals surface area (Å²) in [6.07, 6.45) is 7.90. The molecule has 4 nitrogen and oxygen atoms in total. The summed E-state index contributed by atoms with van der Waals surface area (Å²) < 4.78 is 7.69. The molecule has 1 saturated carbocycles. The lowest BCUT2D eigenvalue weighted by atomic mass is 9.95. The van der Waals surface area contributed by atoms with Gasteiger partial charge in [-0.05, 0) is 38.7 Å². The van der Waals surface area contributed by atoms with Crippen LogP contribution < -0.4 is 5.63 Å². The largest absolute Gasteiger partial charge is 0.408 e. The van der Waals surface area contributed by atoms with E-state index in [9.17, 15) is 4.79 Å². The van der Waals surface area contributed by atoms with Gasteiger partial charge in [-0.2, -0.15) is 4.98 Å². The zero-order chi connectivity index (χ0) is 15.0. The fourth-order valence-electron chi connectivity index (χ4n) is 3.57. The Morgan fingerprint density at radius 3 is 2.62 bits per heavy atom. The van der Waals surface area contributed by atoms with E-state index < -0.39 is 0 Å². The zero-order valence-electron chi connectivity index (χ0n) is 13.2. The Morgan fingerprint density at radius 1 is 1.24 bits per heavy atom. The molecule has 2 heterocycles. The van der Waals surface area contributed by atoms with Crippen LogP contribution in [0, 0.1) is 13.8 Å². The summed E-state index contributed by atoms with van der Waals surface area (Å²) in [5.74, 6) is 0.574. The molecule has 1 aliphatic carbocycles. The molecule has 2 aromatic rings. The van der Waals surface area contributed by atoms with Crippen LogP contribution in [-0.4, -0.2) is 9.55 Å². The second-order valence-electron chi connectivity index (χ2n) is 6.22. The van der Waals surface area contributed by atoms with Gasteiger partial charge in [-0.3, -0.25) is 0 Å². The van der Waals surface area contributed by atoms with Gasteiger partial charge in [0.2, 0.25) is 5.89 Å². The molecule has 0 atom stereocenters. The second kappa shape index (κ2) is 5.66. The second-order valence-corrected chi connectivity index (χ2v) is 6.22. The average Bonchev–Trinajstić information content (AvgIpc) is 2.72. The molecule has 1 fully saturated rings. The molecule has 3 rings (SSSR count). The van der Waals surface area contributed by atoms with Crippen molar-refractivity contribution in [1.29, 1.82) is 0 Å². The Balaban J connectivity index is 2.22. The van der Waals surface area contributed by atoms with E-state index in [0.717, 1.165) is 24.1 Å². The van der Waals surface area contributed by atoms with Gasteiger partial charge in [0.15, 0.2) is 5.65 Å². The molecule has 21 heavy (non-hydrogen) atoms. The van der Waals surface area contributed by atoms with Crippen molar-refractivity contribution in [1.82, 2.24) is 9.55 Å². The first-order valence-electron chi connectivity index (χ1n) is 8.14. The van der Waals surface area contributed by atoms with Gasteiger partial charge in [0.25, 0.3) is 0 Å². The average molecular weight is 288 g/mol. The summed E-state index contributed by atoms with van der Waals surface area (Å²) in [5, 5.41) is 0.679. The molecule has 114 valence electrons. The van der Waals surface area contributed by atoms with Crippen LogP contribution in [0.1, 0.15) is 68.6 Å². The highest BCUT2D eigenvalue weighted by molar-refractivity contribution is 5.80. The molecule has 1 aliphatic rings. The number of aromatic nitrogens is 2. The third kappa shape index (κ3) is 2.41. The van der Waals surface area contributed by atoms with Crippen LogP contribution in [-0.2, 0) is 6.42 Å². The predicted octanol–water partition coefficient (Wildman–Crippen LogP) is 4.06. The molecule has 0 radical (unpaired) electrons. The summed E-state index contributed by atoms with van der Waals surface area (Å²) in [7, 11) is 0. The van der Waals surface area contributed by atoms with E-state index >= 15 is 0 Å². The first kappa shape index (κ1) is 14.4. The molecule has 0 aromatic carbocycles. The van der Waals surface area contributed by atoms with Crippen molar-refractivity contribution in [3.05, 3.63) is 27.6 Å². The van der Waals surface area contributed by atoms with Crippen LogP contribution >= 0.6 is 0 Å². The van der Waals surface area contributed by atoms with E-state index in [2.05, 4.69) is 23.4 Å². The molecular weight excluding hydrogens is 264 g/mol. The standard InChI is InChI=1S/C17H24N2O2/c1-4-8-14-18-16-15(17(20)21-14)11(2)12(3)19(16)13-9-6-5-7-10-13/h13H,4-10H2,1-3H3. The van der Waals surface area contributed by atoms with Crippen molar-refractivity contribution in [3.63, 3.8) is 0 Å². The van der Waals surface area contributed by atoms with Crippen molar-refractivity contribution < 1.29 is 4.42 Å². The van der Waals surface area contributed by atoms with Gasteiger partial charge in [-0.15, -0.1) is 0 Å². The maximum atomic E-state index is 12.3. The predicted molar refractivity (Wildman–Crippen MR) is 83.9 cm³/mol. The monoisotopic (exact) mass is 288 g/mol. The molecule has 2 aromatic heterocycles. The van der Waals surface area contributed by atoms with E-state index in [1.807, 2.05) is 6.92 Å². The number of rotatable bonds is 3. The third-order valence-electron chi connectivity index (χ3n) is 4.78. The molecular formula is C17H24N2O2. The molecule has 0 spiro atoms. The lowest BCUT2D eigenvalue weighted by Gasteiger charge is -2.25. The lowest BCUT2D eigenvalue weighted by molar-refractivity contribution is 0.353. The van der Waals surface area contributed by atoms with E-state index in [4.69, 9.17) is 4.42 Å². The fraction of sp³-hybridized carbons (Fsp3) is 0.647. The van der Waals surface area contributed by atoms with E-state index in [-0.39, 0.29) is 5.63 Å². The summed E-state index contributed by atoms with van der Waals surface area (Å²) in [6.45, 7) is 6.18. The summed E-state index contributed by atoms with van der Waals surface area (Å²) in [4.78, 5) is 17.0. The van der Waals surface area contributed by atoms with Crippen LogP contribution in [0.15, 0.2) is 9.21 Å². The van der Waals surface area contributed by atoms with Gasteiger partial charge in [0, 0.05) is 18.2 Å². The molecule has 0 amide bonds. The van der Waals surface area contributed by atoms with Crippen molar-refractivity contribution in [2.24, 2.45) is 0 Å². The number of fused-ring (bicyclic) bond motifs is 1. The van der Waals surface area contributed by atoms with E-state index in [0.29, 0.717) is 17.3 Å². The zero-order valence-corrected chi connectivity index (χ0v) is 13.2. The SMILES string of the molecule is CCCc1nc2c(c(C)c(C)n2C2CCCCC2)c(=O)o1. The van der Waals surface area contributed by atoms with Crippen LogP contribution in [0.5, 0.6) is 0 Å². The van der Waals surface area contributed by atoms with Crippen LogP contribution in [0.25, 0.3) is 11.0 Å². The van der Waals surface area contributed by atoms with Gasteiger partial charge in [-0.1, -0.05) is 26.2 Å². The molecule has 0 bridgehead atoms. The molecule has 0 unspecified atom stereocenters. The highest BCUT2D eigenvalue weighted by Crippen LogP contribution is 2.34. The first-order valence-corrected chi connectivity index (χ1v) is 8.14. The van der Waals surface area contributed by atoms with Gasteiger partial charge in [0.1, 0.15) is 5.39 Å². The van der Waals surface area contributed by atoms with Crippen LogP contribution in [0.3, 0.4) is 0 Å². The highest BCUT2D eigenvalue weighted by atomic mass is 16.4. The maximum Gasteiger partial charge on any atom is 0.348 e. The Labute approximate surface area is 125 Å². The summed E-state index contributed by atoms with van der Waals surface area (Å²) in [6, 6.07) is 0.485. The summed E-state index contributed by atoms with van der Waals surface area (Å²) >= 11 is 0. The van der Waals surface area contributed by atoms with Crippen molar-refractivity contribution in [2.45, 2.75) is 71.8 Å². The smallest absolute Gasteiger partial charge is 0.348 e. The minimum Gasteiger partial charge on any atom is -0.408 e. The highest BCUT2D eigenvalue weighted by Gasteiger charge is 2.24. The van der Waals surface area contributed by atoms with Gasteiger partial charge < -0.3 is 8.98 Å². The molecule has 4 heteroatoms. The van der Waals surface area contributed by atoms with Crippen molar-refractivity contribution in [2.75, 3.05) is 0 Å². The van der Waals surface area contributed by atoms with Crippen molar-refractivity contribution in [3.8, 4) is 0 Å². The van der Waals surface area contributed by atoms with Gasteiger partial charge >= 0.3 is 5.63 Å². The van der Waals surface area contributed by atoms with Crippen LogP contribution in [0.2, 0.25) is 0 Å². The number of hydrogen-bond acceptors (Lipinski definition) is 3. The number of nitrogens with zero attached hydrogens (tertiary/aromatic N) is 2. The Morgan fingerprint density at radius 2 is 1.95 bits per heavy atom. The van der Waals surface area contributed by atoms with E-state index in [1.165, 1.54) is 37.8 Å². The minimum atomic E-state index is -0.224. The maximum absolute atomic E-state index is 12.3. The Hall–Kier alpha value is -1.58. The number of hydrogen-bond donors (Lipinski definition) is 0. The molecule has 0 N–H and O–H groups in total. The fourth-order valence-corrected chi connectivity index (χ4v) is 3.57. The minimum absolute atomic E-state index is 0.224. The van der Waals surface area contributed by atoms with Crippen molar-refractivity contribution >= 4 is 11.0 Å². The normalized spacial score (nSPS) is 16.7. The Bertz CT molecular complexity index is 706. The number of aryl methyl sites for hydroxylation is 2.